The lowest BCUT2D eigenvalue weighted by atomic mass is 10.0. The number of esters is 1. The summed E-state index contributed by atoms with van der Waals surface area (Å²) in [6.07, 6.45) is 0. The van der Waals surface area contributed by atoms with Crippen molar-refractivity contribution in [3.8, 4) is 0 Å². The van der Waals surface area contributed by atoms with E-state index in [2.05, 4.69) is 5.32 Å². The van der Waals surface area contributed by atoms with Gasteiger partial charge in [0.05, 0.1) is 5.56 Å². The molecule has 1 aromatic heterocycles. The minimum absolute atomic E-state index is 0.0307. The Balaban J connectivity index is 1.75. The number of carbonyl (C=O) groups is 2. The highest BCUT2D eigenvalue weighted by Gasteiger charge is 2.13. The van der Waals surface area contributed by atoms with Gasteiger partial charge in [-0.2, -0.15) is 0 Å². The Morgan fingerprint density at radius 3 is 2.46 bits per heavy atom. The van der Waals surface area contributed by atoms with Gasteiger partial charge in [-0.15, -0.1) is 0 Å². The molecule has 0 aliphatic heterocycles. The molecule has 6 nitrogen and oxygen atoms in total. The largest absolute Gasteiger partial charge is 0.457 e. The van der Waals surface area contributed by atoms with E-state index in [9.17, 15) is 14.4 Å². The summed E-state index contributed by atoms with van der Waals surface area (Å²) in [5.41, 5.74) is 3.82. The van der Waals surface area contributed by atoms with Crippen LogP contribution >= 0.6 is 0 Å². The van der Waals surface area contributed by atoms with E-state index in [-0.39, 0.29) is 12.5 Å². The standard InChI is InChI=1S/C22H21NO5/c1-13-4-9-19-18(10-20(25)28-21(19)14(13)2)12-27-22(26)17-7-5-16(6-8-17)11-23-15(3)24/h4-10H,11-12H2,1-3H3,(H,23,24). The minimum Gasteiger partial charge on any atom is -0.457 e. The Morgan fingerprint density at radius 2 is 1.79 bits per heavy atom. The molecule has 0 atom stereocenters. The van der Waals surface area contributed by atoms with Gasteiger partial charge in [0.2, 0.25) is 5.91 Å². The van der Waals surface area contributed by atoms with Crippen molar-refractivity contribution in [2.45, 2.75) is 33.9 Å². The monoisotopic (exact) mass is 379 g/mol. The molecular weight excluding hydrogens is 358 g/mol. The highest BCUT2D eigenvalue weighted by atomic mass is 16.5. The van der Waals surface area contributed by atoms with Gasteiger partial charge in [-0.25, -0.2) is 9.59 Å². The molecule has 1 amide bonds. The topological polar surface area (TPSA) is 85.6 Å². The normalized spacial score (nSPS) is 10.7. The first kappa shape index (κ1) is 19.4. The number of benzene rings is 2. The molecule has 0 unspecified atom stereocenters. The number of nitrogens with one attached hydrogen (secondary N) is 1. The van der Waals surface area contributed by atoms with Crippen molar-refractivity contribution in [1.82, 2.24) is 5.32 Å². The average molecular weight is 379 g/mol. The molecule has 0 bridgehead atoms. The lowest BCUT2D eigenvalue weighted by Crippen LogP contribution is -2.18. The number of amides is 1. The number of ether oxygens (including phenoxy) is 1. The quantitative estimate of drug-likeness (QED) is 0.542. The first-order valence-electron chi connectivity index (χ1n) is 8.88. The molecular formula is C22H21NO5. The second kappa shape index (κ2) is 8.08. The number of fused-ring (bicyclic) bond motifs is 1. The van der Waals surface area contributed by atoms with Gasteiger partial charge in [0.15, 0.2) is 0 Å². The molecule has 0 radical (unpaired) electrons. The van der Waals surface area contributed by atoms with Crippen LogP contribution in [0.3, 0.4) is 0 Å². The molecule has 0 fully saturated rings. The summed E-state index contributed by atoms with van der Waals surface area (Å²) in [5.74, 6) is -0.607. The van der Waals surface area contributed by atoms with Gasteiger partial charge >= 0.3 is 11.6 Å². The number of rotatable bonds is 5. The van der Waals surface area contributed by atoms with Gasteiger partial charge in [-0.3, -0.25) is 4.79 Å². The zero-order valence-electron chi connectivity index (χ0n) is 16.0. The van der Waals surface area contributed by atoms with Crippen LogP contribution in [0.1, 0.15) is 39.5 Å². The minimum atomic E-state index is -0.490. The van der Waals surface area contributed by atoms with Crippen LogP contribution in [0.25, 0.3) is 11.0 Å². The highest BCUT2D eigenvalue weighted by molar-refractivity contribution is 5.90. The second-order valence-corrected chi connectivity index (χ2v) is 6.66. The van der Waals surface area contributed by atoms with Crippen LogP contribution in [0.5, 0.6) is 0 Å². The molecule has 144 valence electrons. The highest BCUT2D eigenvalue weighted by Crippen LogP contribution is 2.24. The van der Waals surface area contributed by atoms with Gasteiger partial charge in [-0.1, -0.05) is 24.3 Å². The van der Waals surface area contributed by atoms with Crippen LogP contribution in [0, 0.1) is 13.8 Å². The zero-order valence-corrected chi connectivity index (χ0v) is 16.0. The number of hydrogen-bond acceptors (Lipinski definition) is 5. The second-order valence-electron chi connectivity index (χ2n) is 6.66. The number of aryl methyl sites for hydroxylation is 2. The van der Waals surface area contributed by atoms with Crippen LogP contribution < -0.4 is 10.9 Å². The molecule has 28 heavy (non-hydrogen) atoms. The van der Waals surface area contributed by atoms with Gasteiger partial charge in [-0.05, 0) is 42.7 Å². The van der Waals surface area contributed by atoms with Crippen molar-refractivity contribution in [2.24, 2.45) is 0 Å². The lowest BCUT2D eigenvalue weighted by Gasteiger charge is -2.10. The van der Waals surface area contributed by atoms with Gasteiger partial charge in [0.1, 0.15) is 12.2 Å². The van der Waals surface area contributed by atoms with Gasteiger partial charge < -0.3 is 14.5 Å². The summed E-state index contributed by atoms with van der Waals surface area (Å²) in [7, 11) is 0. The Morgan fingerprint density at radius 1 is 1.07 bits per heavy atom. The predicted octanol–water partition coefficient (Wildman–Crippen LogP) is 3.40. The van der Waals surface area contributed by atoms with E-state index < -0.39 is 11.6 Å². The van der Waals surface area contributed by atoms with Crippen molar-refractivity contribution in [3.05, 3.63) is 80.7 Å². The van der Waals surface area contributed by atoms with E-state index in [0.29, 0.717) is 23.3 Å². The van der Waals surface area contributed by atoms with Crippen molar-refractivity contribution < 1.29 is 18.7 Å². The molecule has 0 saturated carbocycles. The van der Waals surface area contributed by atoms with E-state index in [1.807, 2.05) is 26.0 Å². The Labute approximate surface area is 162 Å². The SMILES string of the molecule is CC(=O)NCc1ccc(C(=O)OCc2cc(=O)oc3c(C)c(C)ccc23)cc1. The lowest BCUT2D eigenvalue weighted by molar-refractivity contribution is -0.119. The average Bonchev–Trinajstić information content (AvgIpc) is 2.67. The summed E-state index contributed by atoms with van der Waals surface area (Å²) in [4.78, 5) is 35.2. The molecule has 2 aromatic carbocycles. The Hall–Kier alpha value is -3.41. The molecule has 0 saturated heterocycles. The molecule has 0 aliphatic rings. The maximum atomic E-state index is 12.3. The fraction of sp³-hybridized carbons (Fsp3) is 0.227. The van der Waals surface area contributed by atoms with Crippen LogP contribution in [0.4, 0.5) is 0 Å². The molecule has 1 heterocycles. The first-order chi connectivity index (χ1) is 13.3. The summed E-state index contributed by atoms with van der Waals surface area (Å²) in [6.45, 7) is 5.64. The molecule has 6 heteroatoms. The first-order valence-corrected chi connectivity index (χ1v) is 8.88. The smallest absolute Gasteiger partial charge is 0.338 e. The third kappa shape index (κ3) is 4.28. The van der Waals surface area contributed by atoms with E-state index in [1.165, 1.54) is 13.0 Å². The van der Waals surface area contributed by atoms with Crippen LogP contribution in [0.2, 0.25) is 0 Å². The molecule has 1 N–H and O–H groups in total. The Kier molecular flexibility index (Phi) is 5.59. The van der Waals surface area contributed by atoms with Crippen molar-refractivity contribution in [1.29, 1.82) is 0 Å². The van der Waals surface area contributed by atoms with Crippen LogP contribution in [-0.4, -0.2) is 11.9 Å². The maximum absolute atomic E-state index is 12.3. The summed E-state index contributed by atoms with van der Waals surface area (Å²) < 4.78 is 10.7. The zero-order chi connectivity index (χ0) is 20.3. The number of hydrogen-bond donors (Lipinski definition) is 1. The van der Waals surface area contributed by atoms with Gasteiger partial charge in [0.25, 0.3) is 0 Å². The van der Waals surface area contributed by atoms with E-state index in [0.717, 1.165) is 22.1 Å². The van der Waals surface area contributed by atoms with Crippen molar-refractivity contribution >= 4 is 22.8 Å². The molecule has 3 aromatic rings. The molecule has 0 spiro atoms. The van der Waals surface area contributed by atoms with E-state index >= 15 is 0 Å². The van der Waals surface area contributed by atoms with Crippen LogP contribution in [-0.2, 0) is 22.7 Å². The number of carbonyl (C=O) groups excluding carboxylic acids is 2. The molecule has 3 rings (SSSR count). The fourth-order valence-electron chi connectivity index (χ4n) is 2.86. The maximum Gasteiger partial charge on any atom is 0.338 e. The van der Waals surface area contributed by atoms with E-state index in [1.54, 1.807) is 24.3 Å². The van der Waals surface area contributed by atoms with Crippen molar-refractivity contribution in [3.63, 3.8) is 0 Å². The predicted molar refractivity (Wildman–Crippen MR) is 105 cm³/mol. The fourth-order valence-corrected chi connectivity index (χ4v) is 2.86. The van der Waals surface area contributed by atoms with E-state index in [4.69, 9.17) is 9.15 Å². The summed E-state index contributed by atoms with van der Waals surface area (Å²) in [5, 5.41) is 3.45. The summed E-state index contributed by atoms with van der Waals surface area (Å²) >= 11 is 0. The molecule has 0 aliphatic carbocycles. The third-order valence-corrected chi connectivity index (χ3v) is 4.61. The van der Waals surface area contributed by atoms with Crippen LogP contribution in [0.15, 0.2) is 51.7 Å². The Bertz CT molecular complexity index is 1100. The van der Waals surface area contributed by atoms with Crippen molar-refractivity contribution in [2.75, 3.05) is 0 Å². The van der Waals surface area contributed by atoms with Gasteiger partial charge in [0, 0.05) is 30.5 Å². The summed E-state index contributed by atoms with van der Waals surface area (Å²) in [6, 6.07) is 11.9. The third-order valence-electron chi connectivity index (χ3n) is 4.61.